The van der Waals surface area contributed by atoms with Gasteiger partial charge in [0.25, 0.3) is 0 Å². The molecule has 3 saturated carbocycles. The van der Waals surface area contributed by atoms with E-state index in [0.717, 1.165) is 23.4 Å². The summed E-state index contributed by atoms with van der Waals surface area (Å²) < 4.78 is 0. The molecule has 2 bridgehead atoms. The van der Waals surface area contributed by atoms with Gasteiger partial charge in [0.15, 0.2) is 0 Å². The second-order valence-corrected chi connectivity index (χ2v) is 10.7. The van der Waals surface area contributed by atoms with Gasteiger partial charge in [0.2, 0.25) is 0 Å². The van der Waals surface area contributed by atoms with E-state index >= 15 is 0 Å². The van der Waals surface area contributed by atoms with Crippen molar-refractivity contribution in [2.75, 3.05) is 0 Å². The first-order valence-electron chi connectivity index (χ1n) is 9.52. The van der Waals surface area contributed by atoms with Crippen LogP contribution in [0.3, 0.4) is 0 Å². The molecule has 0 aliphatic heterocycles. The molecule has 4 atom stereocenters. The lowest BCUT2D eigenvalue weighted by Gasteiger charge is -2.64. The van der Waals surface area contributed by atoms with Crippen molar-refractivity contribution in [1.82, 2.24) is 0 Å². The van der Waals surface area contributed by atoms with Gasteiger partial charge in [0, 0.05) is 0 Å². The van der Waals surface area contributed by atoms with E-state index in [4.69, 9.17) is 0 Å². The Hall–Kier alpha value is -1.13. The number of fused-ring (bicyclic) bond motifs is 2. The molecular formula is C23H29P. The average molecular weight is 336 g/mol. The van der Waals surface area contributed by atoms with E-state index < -0.39 is 0 Å². The van der Waals surface area contributed by atoms with E-state index in [1.54, 1.807) is 10.6 Å². The largest absolute Gasteiger partial charge is 0.0651 e. The molecule has 0 heterocycles. The highest BCUT2D eigenvalue weighted by molar-refractivity contribution is 7.73. The third-order valence-corrected chi connectivity index (χ3v) is 9.92. The Bertz CT molecular complexity index is 636. The molecular weight excluding hydrogens is 307 g/mol. The highest BCUT2D eigenvalue weighted by Crippen LogP contribution is 2.67. The fourth-order valence-corrected chi connectivity index (χ4v) is 8.80. The van der Waals surface area contributed by atoms with Crippen LogP contribution in [0.5, 0.6) is 0 Å². The molecule has 5 rings (SSSR count). The molecule has 0 unspecified atom stereocenters. The van der Waals surface area contributed by atoms with Gasteiger partial charge in [-0.15, -0.1) is 0 Å². The van der Waals surface area contributed by atoms with E-state index in [9.17, 15) is 0 Å². The van der Waals surface area contributed by atoms with Crippen LogP contribution in [0.15, 0.2) is 60.7 Å². The van der Waals surface area contributed by atoms with Gasteiger partial charge in [0.05, 0.1) is 0 Å². The van der Waals surface area contributed by atoms with Crippen LogP contribution in [-0.4, -0.2) is 5.66 Å². The van der Waals surface area contributed by atoms with Gasteiger partial charge in [-0.05, 0) is 60.2 Å². The zero-order valence-corrected chi connectivity index (χ0v) is 16.0. The quantitative estimate of drug-likeness (QED) is 0.639. The number of rotatable bonds is 4. The van der Waals surface area contributed by atoms with Crippen molar-refractivity contribution in [3.63, 3.8) is 0 Å². The summed E-state index contributed by atoms with van der Waals surface area (Å²) in [4.78, 5) is 0. The number of hydrogen-bond donors (Lipinski definition) is 0. The summed E-state index contributed by atoms with van der Waals surface area (Å²) in [6.07, 6.45) is 4.25. The van der Waals surface area contributed by atoms with Gasteiger partial charge in [-0.3, -0.25) is 0 Å². The van der Waals surface area contributed by atoms with Crippen LogP contribution < -0.4 is 10.6 Å². The standard InChI is InChI=1S/C23H29P/c1-4-20-21-15-17(23(21,2)3)16-22(20)24(18-11-7-5-8-12-18)19-13-9-6-10-14-19/h5-14,17,20-22H,4,15-16H2,1-3H3/t17-,20+,21+,22-/m1/s1. The minimum absolute atomic E-state index is 0.252. The monoisotopic (exact) mass is 336 g/mol. The summed E-state index contributed by atoms with van der Waals surface area (Å²) >= 11 is 0. The fourth-order valence-electron chi connectivity index (χ4n) is 5.48. The molecule has 0 aromatic heterocycles. The minimum Gasteiger partial charge on any atom is -0.0651 e. The van der Waals surface area contributed by atoms with Gasteiger partial charge >= 0.3 is 0 Å². The van der Waals surface area contributed by atoms with Crippen molar-refractivity contribution in [2.24, 2.45) is 23.2 Å². The Labute approximate surface area is 148 Å². The topological polar surface area (TPSA) is 0 Å². The van der Waals surface area contributed by atoms with Gasteiger partial charge in [-0.25, -0.2) is 0 Å². The SMILES string of the molecule is CC[C@@H]1[C@H](P(c2ccccc2)c2ccccc2)C[C@H]2C[C@@H]1C2(C)C. The zero-order valence-electron chi connectivity index (χ0n) is 15.2. The van der Waals surface area contributed by atoms with E-state index in [2.05, 4.69) is 81.4 Å². The Kier molecular flexibility index (Phi) is 4.29. The first-order valence-corrected chi connectivity index (χ1v) is 10.9. The fraction of sp³-hybridized carbons (Fsp3) is 0.478. The minimum atomic E-state index is -0.252. The van der Waals surface area contributed by atoms with Crippen LogP contribution in [0.25, 0.3) is 0 Å². The highest BCUT2D eigenvalue weighted by atomic mass is 31.1. The molecule has 3 fully saturated rings. The van der Waals surface area contributed by atoms with E-state index in [1.807, 2.05) is 0 Å². The first kappa shape index (κ1) is 16.3. The first-order chi connectivity index (χ1) is 11.6. The average Bonchev–Trinajstić information content (AvgIpc) is 2.63. The maximum Gasteiger partial charge on any atom is -0.00949 e. The van der Waals surface area contributed by atoms with Crippen molar-refractivity contribution >= 4 is 18.5 Å². The second-order valence-electron chi connectivity index (χ2n) is 8.28. The molecule has 0 amide bonds. The molecule has 0 saturated heterocycles. The number of benzene rings is 2. The Morgan fingerprint density at radius 2 is 1.42 bits per heavy atom. The van der Waals surface area contributed by atoms with Crippen molar-refractivity contribution in [3.8, 4) is 0 Å². The lowest BCUT2D eigenvalue weighted by Crippen LogP contribution is -2.57. The number of hydrogen-bond acceptors (Lipinski definition) is 0. The lowest BCUT2D eigenvalue weighted by molar-refractivity contribution is -0.102. The normalized spacial score (nSPS) is 30.8. The van der Waals surface area contributed by atoms with Crippen LogP contribution in [0.4, 0.5) is 0 Å². The van der Waals surface area contributed by atoms with Crippen LogP contribution >= 0.6 is 7.92 Å². The van der Waals surface area contributed by atoms with E-state index in [1.165, 1.54) is 19.3 Å². The van der Waals surface area contributed by atoms with Crippen LogP contribution in [0, 0.1) is 23.2 Å². The molecule has 0 radical (unpaired) electrons. The maximum atomic E-state index is 2.53. The summed E-state index contributed by atoms with van der Waals surface area (Å²) in [5, 5.41) is 3.14. The molecule has 1 heteroatoms. The third-order valence-electron chi connectivity index (χ3n) is 6.96. The van der Waals surface area contributed by atoms with Gasteiger partial charge in [-0.1, -0.05) is 87.9 Å². The van der Waals surface area contributed by atoms with Crippen molar-refractivity contribution < 1.29 is 0 Å². The van der Waals surface area contributed by atoms with Crippen LogP contribution in [-0.2, 0) is 0 Å². The smallest absolute Gasteiger partial charge is 0.00949 e. The molecule has 126 valence electrons. The molecule has 2 aromatic rings. The predicted octanol–water partition coefficient (Wildman–Crippen LogP) is 5.58. The molecule has 3 aliphatic carbocycles. The molecule has 0 spiro atoms. The Morgan fingerprint density at radius 3 is 1.88 bits per heavy atom. The van der Waals surface area contributed by atoms with Crippen molar-refractivity contribution in [3.05, 3.63) is 60.7 Å². The van der Waals surface area contributed by atoms with Gasteiger partial charge in [0.1, 0.15) is 0 Å². The van der Waals surface area contributed by atoms with Gasteiger partial charge < -0.3 is 0 Å². The Balaban J connectivity index is 1.75. The molecule has 0 N–H and O–H groups in total. The summed E-state index contributed by atoms with van der Waals surface area (Å²) in [6, 6.07) is 22.7. The molecule has 2 aromatic carbocycles. The molecule has 0 nitrogen and oxygen atoms in total. The predicted molar refractivity (Wildman–Crippen MR) is 107 cm³/mol. The van der Waals surface area contributed by atoms with Crippen molar-refractivity contribution in [2.45, 2.75) is 45.7 Å². The summed E-state index contributed by atoms with van der Waals surface area (Å²) in [7, 11) is -0.252. The zero-order chi connectivity index (χ0) is 16.7. The second kappa shape index (κ2) is 6.30. The summed E-state index contributed by atoms with van der Waals surface area (Å²) in [5.41, 5.74) is 1.43. The van der Waals surface area contributed by atoms with Crippen LogP contribution in [0.2, 0.25) is 0 Å². The molecule has 24 heavy (non-hydrogen) atoms. The van der Waals surface area contributed by atoms with E-state index in [-0.39, 0.29) is 7.92 Å². The highest BCUT2D eigenvalue weighted by Gasteiger charge is 2.58. The van der Waals surface area contributed by atoms with E-state index in [0.29, 0.717) is 5.41 Å². The van der Waals surface area contributed by atoms with Crippen LogP contribution in [0.1, 0.15) is 40.0 Å². The summed E-state index contributed by atoms with van der Waals surface area (Å²) in [5.74, 6) is 2.76. The third kappa shape index (κ3) is 2.55. The molecule has 3 aliphatic rings. The van der Waals surface area contributed by atoms with Crippen molar-refractivity contribution in [1.29, 1.82) is 0 Å². The van der Waals surface area contributed by atoms with Gasteiger partial charge in [-0.2, -0.15) is 0 Å². The summed E-state index contributed by atoms with van der Waals surface area (Å²) in [6.45, 7) is 7.48. The lowest BCUT2D eigenvalue weighted by atomic mass is 9.45. The maximum absolute atomic E-state index is 2.53. The Morgan fingerprint density at radius 1 is 0.875 bits per heavy atom.